The van der Waals surface area contributed by atoms with E-state index in [2.05, 4.69) is 55.8 Å². The van der Waals surface area contributed by atoms with Crippen LogP contribution in [0.2, 0.25) is 0 Å². The Morgan fingerprint density at radius 3 is 1.47 bits per heavy atom. The SMILES string of the molecule is [B]1c2ccccc2-c2ccccc21.[Y].[Y]. The number of rotatable bonds is 0. The van der Waals surface area contributed by atoms with Gasteiger partial charge in [-0.3, -0.25) is 0 Å². The van der Waals surface area contributed by atoms with Crippen LogP contribution in [0.15, 0.2) is 48.5 Å². The second kappa shape index (κ2) is 5.87. The number of fused-ring (bicyclic) bond motifs is 3. The maximum Gasteiger partial charge on any atom is 0.193 e. The van der Waals surface area contributed by atoms with Crippen molar-refractivity contribution < 1.29 is 65.4 Å². The summed E-state index contributed by atoms with van der Waals surface area (Å²) in [6.07, 6.45) is 0. The van der Waals surface area contributed by atoms with Gasteiger partial charge in [0.15, 0.2) is 7.28 Å². The molecular formula is C12H8BY2. The Bertz CT molecular complexity index is 425. The zero-order chi connectivity index (χ0) is 8.67. The van der Waals surface area contributed by atoms with Crippen molar-refractivity contribution in [2.75, 3.05) is 0 Å². The third-order valence-corrected chi connectivity index (χ3v) is 2.52. The van der Waals surface area contributed by atoms with E-state index in [-0.39, 0.29) is 65.4 Å². The van der Waals surface area contributed by atoms with E-state index in [1.165, 1.54) is 22.1 Å². The van der Waals surface area contributed by atoms with E-state index < -0.39 is 0 Å². The molecule has 3 heteroatoms. The van der Waals surface area contributed by atoms with E-state index in [0.717, 1.165) is 0 Å². The van der Waals surface area contributed by atoms with Gasteiger partial charge in [-0.25, -0.2) is 0 Å². The zero-order valence-corrected chi connectivity index (χ0v) is 14.0. The van der Waals surface area contributed by atoms with Gasteiger partial charge in [0.05, 0.1) is 0 Å². The molecular weight excluding hydrogens is 333 g/mol. The van der Waals surface area contributed by atoms with E-state index >= 15 is 0 Å². The van der Waals surface area contributed by atoms with Gasteiger partial charge in [0.25, 0.3) is 0 Å². The molecule has 0 N–H and O–H groups in total. The summed E-state index contributed by atoms with van der Waals surface area (Å²) < 4.78 is 0. The Morgan fingerprint density at radius 2 is 1.00 bits per heavy atom. The minimum absolute atomic E-state index is 0. The molecule has 2 aromatic carbocycles. The molecule has 0 saturated carbocycles. The second-order valence-corrected chi connectivity index (χ2v) is 3.32. The zero-order valence-electron chi connectivity index (χ0n) is 8.35. The first kappa shape index (κ1) is 13.8. The molecule has 0 unspecified atom stereocenters. The van der Waals surface area contributed by atoms with E-state index in [0.29, 0.717) is 0 Å². The molecule has 15 heavy (non-hydrogen) atoms. The van der Waals surface area contributed by atoms with Crippen LogP contribution in [-0.4, -0.2) is 7.28 Å². The summed E-state index contributed by atoms with van der Waals surface area (Å²) in [4.78, 5) is 0. The Labute approximate surface area is 141 Å². The number of benzene rings is 2. The van der Waals surface area contributed by atoms with Crippen molar-refractivity contribution in [2.45, 2.75) is 0 Å². The smallest absolute Gasteiger partial charge is 0.0737 e. The molecule has 0 aliphatic carbocycles. The fourth-order valence-electron chi connectivity index (χ4n) is 1.90. The molecule has 0 bridgehead atoms. The fourth-order valence-corrected chi connectivity index (χ4v) is 1.90. The van der Waals surface area contributed by atoms with Crippen molar-refractivity contribution in [1.29, 1.82) is 0 Å². The standard InChI is InChI=1S/C12H8B.2Y/c1-3-7-11-9(5-1)10-6-2-4-8-12(10)13-11;;/h1-8H;;. The molecule has 0 aromatic heterocycles. The first-order valence-corrected chi connectivity index (χ1v) is 4.48. The Morgan fingerprint density at radius 1 is 0.600 bits per heavy atom. The predicted octanol–water partition coefficient (Wildman–Crippen LogP) is 1.32. The quantitative estimate of drug-likeness (QED) is 0.541. The van der Waals surface area contributed by atoms with Crippen LogP contribution in [-0.2, 0) is 65.4 Å². The predicted molar refractivity (Wildman–Crippen MR) is 56.9 cm³/mol. The molecule has 3 radical (unpaired) electrons. The van der Waals surface area contributed by atoms with Crippen molar-refractivity contribution in [2.24, 2.45) is 0 Å². The van der Waals surface area contributed by atoms with Crippen LogP contribution in [0.3, 0.4) is 0 Å². The van der Waals surface area contributed by atoms with E-state index in [1.54, 1.807) is 0 Å². The summed E-state index contributed by atoms with van der Waals surface area (Å²) in [7, 11) is 2.24. The molecule has 0 nitrogen and oxygen atoms in total. The van der Waals surface area contributed by atoms with Gasteiger partial charge < -0.3 is 0 Å². The van der Waals surface area contributed by atoms with Gasteiger partial charge in [0, 0.05) is 65.4 Å². The summed E-state index contributed by atoms with van der Waals surface area (Å²) in [5.74, 6) is 0. The summed E-state index contributed by atoms with van der Waals surface area (Å²) in [5, 5.41) is 0. The van der Waals surface area contributed by atoms with Gasteiger partial charge in [0.2, 0.25) is 0 Å². The van der Waals surface area contributed by atoms with Crippen LogP contribution in [0.4, 0.5) is 0 Å². The van der Waals surface area contributed by atoms with Crippen molar-refractivity contribution in [1.82, 2.24) is 0 Å². The monoisotopic (exact) mass is 341 g/mol. The molecule has 2 aromatic rings. The maximum absolute atomic E-state index is 2.24. The molecule has 0 saturated heterocycles. The first-order valence-electron chi connectivity index (χ1n) is 4.48. The summed E-state index contributed by atoms with van der Waals surface area (Å²) in [5.41, 5.74) is 5.39. The average molecular weight is 341 g/mol. The molecule has 1 aliphatic rings. The minimum Gasteiger partial charge on any atom is -0.0737 e. The van der Waals surface area contributed by atoms with Gasteiger partial charge >= 0.3 is 0 Å². The van der Waals surface area contributed by atoms with Crippen molar-refractivity contribution in [3.05, 3.63) is 48.5 Å². The molecule has 0 atom stereocenters. The summed E-state index contributed by atoms with van der Waals surface area (Å²) in [6.45, 7) is 0. The second-order valence-electron chi connectivity index (χ2n) is 3.32. The fraction of sp³-hybridized carbons (Fsp3) is 0. The molecule has 65 valence electrons. The Hall–Kier alpha value is 0.713. The van der Waals surface area contributed by atoms with Gasteiger partial charge in [-0.2, -0.15) is 0 Å². The summed E-state index contributed by atoms with van der Waals surface area (Å²) >= 11 is 0. The largest absolute Gasteiger partial charge is 0.193 e. The average Bonchev–Trinajstić information content (AvgIpc) is 2.56. The van der Waals surface area contributed by atoms with E-state index in [1.807, 2.05) is 0 Å². The number of hydrogen-bond acceptors (Lipinski definition) is 0. The molecule has 3 rings (SSSR count). The van der Waals surface area contributed by atoms with Crippen LogP contribution in [0.25, 0.3) is 11.1 Å². The molecule has 0 amide bonds. The van der Waals surface area contributed by atoms with Gasteiger partial charge in [0.1, 0.15) is 0 Å². The van der Waals surface area contributed by atoms with Gasteiger partial charge in [-0.1, -0.05) is 59.5 Å². The van der Waals surface area contributed by atoms with E-state index in [9.17, 15) is 0 Å². The number of hydrogen-bond donors (Lipinski definition) is 0. The van der Waals surface area contributed by atoms with Gasteiger partial charge in [-0.15, -0.1) is 0 Å². The third kappa shape index (κ3) is 2.52. The van der Waals surface area contributed by atoms with Crippen LogP contribution in [0.1, 0.15) is 0 Å². The van der Waals surface area contributed by atoms with Crippen molar-refractivity contribution >= 4 is 18.2 Å². The molecule has 1 heterocycles. The molecule has 1 aliphatic heterocycles. The summed E-state index contributed by atoms with van der Waals surface area (Å²) in [6, 6.07) is 17.0. The molecule has 0 spiro atoms. The van der Waals surface area contributed by atoms with Crippen molar-refractivity contribution in [3.63, 3.8) is 0 Å². The van der Waals surface area contributed by atoms with Crippen LogP contribution in [0, 0.1) is 0 Å². The Balaban J connectivity index is 0.000000562. The van der Waals surface area contributed by atoms with Crippen molar-refractivity contribution in [3.8, 4) is 11.1 Å². The maximum atomic E-state index is 2.24. The Kier molecular flexibility index (Phi) is 5.39. The third-order valence-electron chi connectivity index (χ3n) is 2.52. The topological polar surface area (TPSA) is 0 Å². The molecule has 0 fully saturated rings. The van der Waals surface area contributed by atoms with Crippen LogP contribution in [0.5, 0.6) is 0 Å². The van der Waals surface area contributed by atoms with Crippen LogP contribution >= 0.6 is 0 Å². The minimum atomic E-state index is 0. The first-order chi connectivity index (χ1) is 6.45. The van der Waals surface area contributed by atoms with E-state index in [4.69, 9.17) is 0 Å². The van der Waals surface area contributed by atoms with Gasteiger partial charge in [-0.05, 0) is 11.1 Å². The van der Waals surface area contributed by atoms with Crippen LogP contribution < -0.4 is 10.9 Å². The normalized spacial score (nSPS) is 10.1.